The third kappa shape index (κ3) is 5.57. The maximum absolute atomic E-state index is 11.0. The smallest absolute Gasteiger partial charge is 0.341 e. The van der Waals surface area contributed by atoms with E-state index in [0.717, 1.165) is 25.6 Å². The van der Waals surface area contributed by atoms with Crippen molar-refractivity contribution in [1.29, 1.82) is 0 Å². The molecule has 0 radical (unpaired) electrons. The molecule has 0 saturated carbocycles. The lowest BCUT2D eigenvalue weighted by atomic mass is 10.2. The van der Waals surface area contributed by atoms with Crippen LogP contribution < -0.4 is 5.56 Å². The Balaban J connectivity index is 0.000000271. The van der Waals surface area contributed by atoms with E-state index >= 15 is 0 Å². The lowest BCUT2D eigenvalue weighted by Crippen LogP contribution is -2.17. The van der Waals surface area contributed by atoms with Crippen molar-refractivity contribution >= 4 is 34.9 Å². The lowest BCUT2D eigenvalue weighted by molar-refractivity contribution is -0.385. The molecule has 0 aliphatic carbocycles. The van der Waals surface area contributed by atoms with Gasteiger partial charge in [0.1, 0.15) is 22.5 Å². The number of nitrogens with one attached hydrogen (secondary N) is 1. The van der Waals surface area contributed by atoms with Gasteiger partial charge in [-0.2, -0.15) is 0 Å². The molecule has 2 heterocycles. The first-order valence-electron chi connectivity index (χ1n) is 6.57. The second-order valence-electron chi connectivity index (χ2n) is 4.44. The van der Waals surface area contributed by atoms with E-state index in [1.165, 1.54) is 0 Å². The molecule has 0 aromatic carbocycles. The molecule has 2 N–H and O–H groups in total. The first-order chi connectivity index (χ1) is 12.6. The Bertz CT molecular complexity index is 972. The summed E-state index contributed by atoms with van der Waals surface area (Å²) in [5, 5.41) is 28.8. The van der Waals surface area contributed by atoms with Gasteiger partial charge >= 0.3 is 11.9 Å². The number of aromatic nitrogens is 2. The molecule has 142 valence electrons. The van der Waals surface area contributed by atoms with Crippen LogP contribution in [0.15, 0.2) is 29.3 Å². The molecule has 0 fully saturated rings. The topological polar surface area (TPSA) is 196 Å². The summed E-state index contributed by atoms with van der Waals surface area (Å²) in [5.41, 5.74) is -2.40. The molecule has 2 aromatic heterocycles. The Morgan fingerprint density at radius 2 is 1.74 bits per heavy atom. The van der Waals surface area contributed by atoms with Gasteiger partial charge in [0.2, 0.25) is 0 Å². The Morgan fingerprint density at radius 3 is 2.22 bits per heavy atom. The molecule has 2 aromatic rings. The fourth-order valence-corrected chi connectivity index (χ4v) is 1.71. The highest BCUT2D eigenvalue weighted by molar-refractivity contribution is 6.32. The summed E-state index contributed by atoms with van der Waals surface area (Å²) in [5.74, 6) is -2.25. The highest BCUT2D eigenvalue weighted by Crippen LogP contribution is 2.19. The summed E-state index contributed by atoms with van der Waals surface area (Å²) < 4.78 is 4.37. The molecular weight excluding hydrogens is 392 g/mol. The van der Waals surface area contributed by atoms with Gasteiger partial charge < -0.3 is 14.8 Å². The predicted molar refractivity (Wildman–Crippen MR) is 87.9 cm³/mol. The number of nitrogens with zero attached hydrogens (tertiary/aromatic N) is 3. The van der Waals surface area contributed by atoms with Gasteiger partial charge in [-0.3, -0.25) is 25.0 Å². The minimum Gasteiger partial charge on any atom is -0.477 e. The Hall–Kier alpha value is -3.87. The Labute approximate surface area is 153 Å². The first-order valence-corrected chi connectivity index (χ1v) is 6.95. The highest BCUT2D eigenvalue weighted by Gasteiger charge is 2.17. The normalized spacial score (nSPS) is 9.56. The quantitative estimate of drug-likeness (QED) is 0.327. The summed E-state index contributed by atoms with van der Waals surface area (Å²) in [7, 11) is 1.15. The average Bonchev–Trinajstić information content (AvgIpc) is 2.61. The number of H-pyrrole nitrogens is 1. The SMILES string of the molecule is COC(=O)c1cc([N+](=O)[O-])cnc1Cl.O=C(O)c1cc([N+](=O)[O-])c[nH]c1=O. The molecule has 0 saturated heterocycles. The van der Waals surface area contributed by atoms with Crippen molar-refractivity contribution in [2.24, 2.45) is 0 Å². The number of aromatic carboxylic acids is 1. The number of carboxylic acid groups (broad SMARTS) is 1. The van der Waals surface area contributed by atoms with Crippen molar-refractivity contribution in [3.8, 4) is 0 Å². The second-order valence-corrected chi connectivity index (χ2v) is 4.80. The molecule has 27 heavy (non-hydrogen) atoms. The van der Waals surface area contributed by atoms with E-state index in [2.05, 4.69) is 9.72 Å². The van der Waals surface area contributed by atoms with Crippen molar-refractivity contribution in [1.82, 2.24) is 9.97 Å². The van der Waals surface area contributed by atoms with Crippen molar-refractivity contribution < 1.29 is 29.3 Å². The molecular formula is C13H9ClN4O9. The zero-order chi connectivity index (χ0) is 20.7. The fraction of sp³-hybridized carbons (Fsp3) is 0.0769. The average molecular weight is 401 g/mol. The van der Waals surface area contributed by atoms with Gasteiger partial charge in [-0.1, -0.05) is 11.6 Å². The highest BCUT2D eigenvalue weighted by atomic mass is 35.5. The molecule has 2 rings (SSSR count). The van der Waals surface area contributed by atoms with Crippen LogP contribution in [0.1, 0.15) is 20.7 Å². The van der Waals surface area contributed by atoms with E-state index < -0.39 is 38.6 Å². The van der Waals surface area contributed by atoms with Crippen LogP contribution in [0.2, 0.25) is 5.15 Å². The summed E-state index contributed by atoms with van der Waals surface area (Å²) in [4.78, 5) is 56.7. The molecule has 0 atom stereocenters. The third-order valence-electron chi connectivity index (χ3n) is 2.77. The zero-order valence-electron chi connectivity index (χ0n) is 13.2. The number of ether oxygens (including phenoxy) is 1. The maximum Gasteiger partial charge on any atom is 0.341 e. The standard InChI is InChI=1S/C7H5ClN2O4.C6H4N2O5/c1-14-7(11)5-2-4(10(12)13)3-9-6(5)8;9-5-4(6(10)11)1-3(2-7-5)8(12)13/h2-3H,1H3;1-2H,(H,7,9)(H,10,11). The number of aromatic amines is 1. The number of hydrogen-bond acceptors (Lipinski definition) is 9. The van der Waals surface area contributed by atoms with E-state index in [1.807, 2.05) is 4.98 Å². The minimum absolute atomic E-state index is 0.122. The number of halogens is 1. The van der Waals surface area contributed by atoms with Crippen molar-refractivity contribution in [2.75, 3.05) is 7.11 Å². The van der Waals surface area contributed by atoms with Gasteiger partial charge in [-0.25, -0.2) is 14.6 Å². The lowest BCUT2D eigenvalue weighted by Gasteiger charge is -2.00. The molecule has 0 spiro atoms. The van der Waals surface area contributed by atoms with Crippen molar-refractivity contribution in [3.05, 3.63) is 71.4 Å². The van der Waals surface area contributed by atoms with E-state index in [9.17, 15) is 34.6 Å². The Morgan fingerprint density at radius 1 is 1.19 bits per heavy atom. The van der Waals surface area contributed by atoms with Crippen LogP contribution in [-0.2, 0) is 4.74 Å². The minimum atomic E-state index is -1.50. The maximum atomic E-state index is 11.0. The van der Waals surface area contributed by atoms with E-state index in [-0.39, 0.29) is 16.4 Å². The van der Waals surface area contributed by atoms with Crippen molar-refractivity contribution in [3.63, 3.8) is 0 Å². The second kappa shape index (κ2) is 9.00. The van der Waals surface area contributed by atoms with Crippen LogP contribution in [0, 0.1) is 20.2 Å². The van der Waals surface area contributed by atoms with Gasteiger partial charge in [0, 0.05) is 12.1 Å². The van der Waals surface area contributed by atoms with Crippen LogP contribution in [0.25, 0.3) is 0 Å². The molecule has 0 aliphatic heterocycles. The molecule has 0 amide bonds. The van der Waals surface area contributed by atoms with Crippen molar-refractivity contribution in [2.45, 2.75) is 0 Å². The molecule has 0 bridgehead atoms. The fourth-order valence-electron chi connectivity index (χ4n) is 1.53. The van der Waals surface area contributed by atoms with Gasteiger partial charge in [-0.05, 0) is 0 Å². The van der Waals surface area contributed by atoms with Crippen LogP contribution in [-0.4, -0.2) is 44.0 Å². The van der Waals surface area contributed by atoms with Crippen LogP contribution in [0.3, 0.4) is 0 Å². The number of nitro groups is 2. The number of esters is 1. The molecule has 14 heteroatoms. The van der Waals surface area contributed by atoms with Crippen LogP contribution >= 0.6 is 11.6 Å². The summed E-state index contributed by atoms with van der Waals surface area (Å²) >= 11 is 5.54. The summed E-state index contributed by atoms with van der Waals surface area (Å²) in [6.45, 7) is 0. The van der Waals surface area contributed by atoms with Crippen LogP contribution in [0.4, 0.5) is 11.4 Å². The van der Waals surface area contributed by atoms with Gasteiger partial charge in [-0.15, -0.1) is 0 Å². The third-order valence-corrected chi connectivity index (χ3v) is 3.07. The predicted octanol–water partition coefficient (Wildman–Crippen LogP) is 1.41. The monoisotopic (exact) mass is 400 g/mol. The van der Waals surface area contributed by atoms with Gasteiger partial charge in [0.15, 0.2) is 0 Å². The largest absolute Gasteiger partial charge is 0.477 e. The van der Waals surface area contributed by atoms with Crippen LogP contribution in [0.5, 0.6) is 0 Å². The summed E-state index contributed by atoms with van der Waals surface area (Å²) in [6.07, 6.45) is 1.81. The number of carbonyl (C=O) groups is 2. The first kappa shape index (κ1) is 21.2. The van der Waals surface area contributed by atoms with E-state index in [0.29, 0.717) is 6.07 Å². The number of rotatable bonds is 4. The number of pyridine rings is 2. The van der Waals surface area contributed by atoms with E-state index in [4.69, 9.17) is 16.7 Å². The number of hydrogen-bond donors (Lipinski definition) is 2. The molecule has 13 nitrogen and oxygen atoms in total. The summed E-state index contributed by atoms with van der Waals surface area (Å²) in [6, 6.07) is 1.72. The number of carboxylic acids is 1. The van der Waals surface area contributed by atoms with E-state index in [1.54, 1.807) is 0 Å². The number of methoxy groups -OCH3 is 1. The molecule has 0 unspecified atom stereocenters. The zero-order valence-corrected chi connectivity index (χ0v) is 14.0. The van der Waals surface area contributed by atoms with Gasteiger partial charge in [0.05, 0.1) is 23.2 Å². The number of carbonyl (C=O) groups excluding carboxylic acids is 1. The molecule has 0 aliphatic rings. The van der Waals surface area contributed by atoms with Gasteiger partial charge in [0.25, 0.3) is 16.9 Å². The Kier molecular flexibility index (Phi) is 7.06.